The van der Waals surface area contributed by atoms with Gasteiger partial charge in [-0.2, -0.15) is 0 Å². The van der Waals surface area contributed by atoms with Crippen molar-refractivity contribution in [1.82, 2.24) is 10.2 Å². The summed E-state index contributed by atoms with van der Waals surface area (Å²) in [5.74, 6) is 0.912. The molecule has 1 aliphatic heterocycles. The van der Waals surface area contributed by atoms with Crippen molar-refractivity contribution < 1.29 is 14.3 Å². The number of hydrogen-bond acceptors (Lipinski definition) is 4. The minimum Gasteiger partial charge on any atom is -0.493 e. The first-order valence-electron chi connectivity index (χ1n) is 10.8. The van der Waals surface area contributed by atoms with E-state index in [0.717, 1.165) is 44.6 Å². The van der Waals surface area contributed by atoms with Crippen LogP contribution in [-0.4, -0.2) is 42.3 Å². The second-order valence-electron chi connectivity index (χ2n) is 8.92. The molecule has 0 radical (unpaired) electrons. The molecule has 0 aromatic heterocycles. The van der Waals surface area contributed by atoms with Crippen LogP contribution in [0.15, 0.2) is 54.6 Å². The monoisotopic (exact) mass is 410 g/mol. The van der Waals surface area contributed by atoms with Gasteiger partial charge in [0.1, 0.15) is 11.4 Å². The molecule has 0 unspecified atom stereocenters. The first-order valence-corrected chi connectivity index (χ1v) is 10.8. The fourth-order valence-corrected chi connectivity index (χ4v) is 3.59. The number of likely N-dealkylation sites (tertiary alicyclic amines) is 1. The van der Waals surface area contributed by atoms with Crippen LogP contribution in [0.3, 0.4) is 0 Å². The summed E-state index contributed by atoms with van der Waals surface area (Å²) in [5, 5.41) is 2.99. The molecule has 2 aromatic rings. The normalized spacial score (nSPS) is 15.6. The van der Waals surface area contributed by atoms with Gasteiger partial charge in [-0.3, -0.25) is 4.90 Å². The molecule has 1 aliphatic rings. The van der Waals surface area contributed by atoms with E-state index < -0.39 is 5.60 Å². The van der Waals surface area contributed by atoms with E-state index in [4.69, 9.17) is 9.47 Å². The Kier molecular flexibility index (Phi) is 7.75. The molecule has 0 saturated carbocycles. The van der Waals surface area contributed by atoms with Crippen molar-refractivity contribution in [1.29, 1.82) is 0 Å². The quantitative estimate of drug-likeness (QED) is 0.713. The number of nitrogens with zero attached hydrogens (tertiary/aromatic N) is 1. The van der Waals surface area contributed by atoms with E-state index in [1.807, 2.05) is 26.8 Å². The molecule has 1 heterocycles. The van der Waals surface area contributed by atoms with E-state index in [9.17, 15) is 4.79 Å². The number of ether oxygens (including phenoxy) is 2. The number of alkyl carbamates (subject to hydrolysis) is 1. The van der Waals surface area contributed by atoms with Crippen LogP contribution in [0.2, 0.25) is 0 Å². The van der Waals surface area contributed by atoms with Gasteiger partial charge in [-0.15, -0.1) is 0 Å². The molecule has 1 amide bonds. The Bertz CT molecular complexity index is 776. The molecule has 0 spiro atoms. The molecule has 5 nitrogen and oxygen atoms in total. The van der Waals surface area contributed by atoms with Crippen LogP contribution in [0.25, 0.3) is 0 Å². The van der Waals surface area contributed by atoms with Crippen LogP contribution < -0.4 is 10.1 Å². The van der Waals surface area contributed by atoms with Gasteiger partial charge in [0.05, 0.1) is 6.61 Å². The average molecular weight is 411 g/mol. The van der Waals surface area contributed by atoms with Gasteiger partial charge in [0.2, 0.25) is 0 Å². The van der Waals surface area contributed by atoms with Gasteiger partial charge >= 0.3 is 6.09 Å². The second-order valence-corrected chi connectivity index (χ2v) is 8.92. The van der Waals surface area contributed by atoms with Crippen LogP contribution >= 0.6 is 0 Å². The standard InChI is InChI=1S/C25H34N2O3/c1-25(2,3)30-24(28)26-22-13-16-27(17-14-22)19-21-9-11-23(12-10-21)29-18-15-20-7-5-4-6-8-20/h4-12,22H,13-19H2,1-3H3,(H,26,28). The third-order valence-corrected chi connectivity index (χ3v) is 5.14. The predicted octanol–water partition coefficient (Wildman–Crippen LogP) is 4.80. The average Bonchev–Trinajstić information content (AvgIpc) is 2.70. The molecule has 2 aromatic carbocycles. The molecule has 162 valence electrons. The largest absolute Gasteiger partial charge is 0.493 e. The van der Waals surface area contributed by atoms with Gasteiger partial charge in [-0.1, -0.05) is 42.5 Å². The number of amides is 1. The molecule has 1 N–H and O–H groups in total. The number of nitrogens with one attached hydrogen (secondary N) is 1. The van der Waals surface area contributed by atoms with E-state index in [0.29, 0.717) is 6.61 Å². The van der Waals surface area contributed by atoms with Gasteiger partial charge in [0, 0.05) is 32.1 Å². The smallest absolute Gasteiger partial charge is 0.407 e. The third-order valence-electron chi connectivity index (χ3n) is 5.14. The predicted molar refractivity (Wildman–Crippen MR) is 120 cm³/mol. The van der Waals surface area contributed by atoms with Crippen molar-refractivity contribution in [3.63, 3.8) is 0 Å². The number of carbonyl (C=O) groups excluding carboxylic acids is 1. The van der Waals surface area contributed by atoms with Gasteiger partial charge in [-0.05, 0) is 56.9 Å². The maximum atomic E-state index is 11.9. The lowest BCUT2D eigenvalue weighted by Gasteiger charge is -2.32. The third kappa shape index (κ3) is 7.71. The van der Waals surface area contributed by atoms with Gasteiger partial charge < -0.3 is 14.8 Å². The zero-order chi connectivity index (χ0) is 21.4. The lowest BCUT2D eigenvalue weighted by molar-refractivity contribution is 0.0477. The molecule has 5 heteroatoms. The Hall–Kier alpha value is -2.53. The molecule has 0 atom stereocenters. The van der Waals surface area contributed by atoms with Gasteiger partial charge in [0.25, 0.3) is 0 Å². The number of hydrogen-bond donors (Lipinski definition) is 1. The Morgan fingerprint density at radius 2 is 1.67 bits per heavy atom. The van der Waals surface area contributed by atoms with Crippen LogP contribution in [0.4, 0.5) is 4.79 Å². The minimum absolute atomic E-state index is 0.191. The van der Waals surface area contributed by atoms with Gasteiger partial charge in [0.15, 0.2) is 0 Å². The van der Waals surface area contributed by atoms with Crippen LogP contribution in [0.1, 0.15) is 44.7 Å². The summed E-state index contributed by atoms with van der Waals surface area (Å²) in [6.45, 7) is 9.19. The summed E-state index contributed by atoms with van der Waals surface area (Å²) in [6, 6.07) is 19.0. The summed E-state index contributed by atoms with van der Waals surface area (Å²) in [7, 11) is 0. The molecular weight excluding hydrogens is 376 g/mol. The van der Waals surface area contributed by atoms with Crippen molar-refractivity contribution in [3.05, 3.63) is 65.7 Å². The summed E-state index contributed by atoms with van der Waals surface area (Å²) in [5.41, 5.74) is 2.12. The van der Waals surface area contributed by atoms with Crippen LogP contribution in [-0.2, 0) is 17.7 Å². The Labute approximate surface area is 180 Å². The first-order chi connectivity index (χ1) is 14.4. The van der Waals surface area contributed by atoms with E-state index >= 15 is 0 Å². The maximum absolute atomic E-state index is 11.9. The highest BCUT2D eigenvalue weighted by Gasteiger charge is 2.23. The van der Waals surface area contributed by atoms with E-state index in [2.05, 4.69) is 58.7 Å². The maximum Gasteiger partial charge on any atom is 0.407 e. The topological polar surface area (TPSA) is 50.8 Å². The number of rotatable bonds is 7. The van der Waals surface area contributed by atoms with E-state index in [1.54, 1.807) is 0 Å². The Balaban J connectivity index is 1.36. The molecule has 3 rings (SSSR count). The minimum atomic E-state index is -0.456. The lowest BCUT2D eigenvalue weighted by Crippen LogP contribution is -2.45. The van der Waals surface area contributed by atoms with Crippen molar-refractivity contribution in [3.8, 4) is 5.75 Å². The fourth-order valence-electron chi connectivity index (χ4n) is 3.59. The van der Waals surface area contributed by atoms with Crippen molar-refractivity contribution in [2.45, 2.75) is 58.2 Å². The summed E-state index contributed by atoms with van der Waals surface area (Å²) in [4.78, 5) is 14.4. The van der Waals surface area contributed by atoms with Crippen LogP contribution in [0.5, 0.6) is 5.75 Å². The highest BCUT2D eigenvalue weighted by molar-refractivity contribution is 5.68. The zero-order valence-electron chi connectivity index (χ0n) is 18.4. The molecular formula is C25H34N2O3. The number of benzene rings is 2. The molecule has 1 saturated heterocycles. The first kappa shape index (κ1) is 22.2. The van der Waals surface area contributed by atoms with Crippen molar-refractivity contribution >= 4 is 6.09 Å². The van der Waals surface area contributed by atoms with Crippen LogP contribution in [0, 0.1) is 0 Å². The van der Waals surface area contributed by atoms with E-state index in [-0.39, 0.29) is 12.1 Å². The molecule has 1 fully saturated rings. The second kappa shape index (κ2) is 10.5. The summed E-state index contributed by atoms with van der Waals surface area (Å²) < 4.78 is 11.2. The highest BCUT2D eigenvalue weighted by Crippen LogP contribution is 2.18. The highest BCUT2D eigenvalue weighted by atomic mass is 16.6. The zero-order valence-corrected chi connectivity index (χ0v) is 18.4. The van der Waals surface area contributed by atoms with Crippen molar-refractivity contribution in [2.24, 2.45) is 0 Å². The summed E-state index contributed by atoms with van der Waals surface area (Å²) >= 11 is 0. The fraction of sp³-hybridized carbons (Fsp3) is 0.480. The lowest BCUT2D eigenvalue weighted by atomic mass is 10.0. The number of carbonyl (C=O) groups is 1. The van der Waals surface area contributed by atoms with Gasteiger partial charge in [-0.25, -0.2) is 4.79 Å². The Morgan fingerprint density at radius 3 is 2.30 bits per heavy atom. The molecule has 0 aliphatic carbocycles. The van der Waals surface area contributed by atoms with Crippen molar-refractivity contribution in [2.75, 3.05) is 19.7 Å². The SMILES string of the molecule is CC(C)(C)OC(=O)NC1CCN(Cc2ccc(OCCc3ccccc3)cc2)CC1. The summed E-state index contributed by atoms with van der Waals surface area (Å²) in [6.07, 6.45) is 2.48. The Morgan fingerprint density at radius 1 is 1.00 bits per heavy atom. The molecule has 0 bridgehead atoms. The van der Waals surface area contributed by atoms with E-state index in [1.165, 1.54) is 11.1 Å². The molecule has 30 heavy (non-hydrogen) atoms. The number of piperidine rings is 1.